The van der Waals surface area contributed by atoms with E-state index in [1.807, 2.05) is 32.0 Å². The van der Waals surface area contributed by atoms with Crippen molar-refractivity contribution in [2.45, 2.75) is 33.9 Å². The highest BCUT2D eigenvalue weighted by Crippen LogP contribution is 2.25. The molecule has 2 aromatic rings. The first-order valence-electron chi connectivity index (χ1n) is 10.6. The summed E-state index contributed by atoms with van der Waals surface area (Å²) in [5.74, 6) is 3.09. The fourth-order valence-corrected chi connectivity index (χ4v) is 2.96. The lowest BCUT2D eigenvalue weighted by Crippen LogP contribution is -2.36. The van der Waals surface area contributed by atoms with E-state index in [0.717, 1.165) is 46.4 Å². The summed E-state index contributed by atoms with van der Waals surface area (Å²) in [4.78, 5) is 4.71. The second-order valence-electron chi connectivity index (χ2n) is 6.88. The zero-order chi connectivity index (χ0) is 22.5. The lowest BCUT2D eigenvalue weighted by Gasteiger charge is -2.16. The third kappa shape index (κ3) is 8.02. The molecule has 0 saturated carbocycles. The molecule has 0 fully saturated rings. The Balaban J connectivity index is 2.07. The van der Waals surface area contributed by atoms with Crippen LogP contribution in [0.1, 0.15) is 30.5 Å². The maximum atomic E-state index is 5.94. The molecule has 0 aliphatic heterocycles. The first-order valence-corrected chi connectivity index (χ1v) is 10.6. The van der Waals surface area contributed by atoms with Gasteiger partial charge in [-0.15, -0.1) is 0 Å². The maximum Gasteiger partial charge on any atom is 0.191 e. The molecule has 0 amide bonds. The second-order valence-corrected chi connectivity index (χ2v) is 6.88. The van der Waals surface area contributed by atoms with Crippen molar-refractivity contribution in [1.29, 1.82) is 0 Å². The van der Waals surface area contributed by atoms with E-state index in [0.29, 0.717) is 32.9 Å². The van der Waals surface area contributed by atoms with E-state index in [-0.39, 0.29) is 0 Å². The van der Waals surface area contributed by atoms with Crippen LogP contribution in [0, 0.1) is 6.92 Å². The summed E-state index contributed by atoms with van der Waals surface area (Å²) in [5, 5.41) is 6.68. The number of aliphatic imine (C=N–C) groups is 1. The van der Waals surface area contributed by atoms with Crippen molar-refractivity contribution >= 4 is 5.96 Å². The quantitative estimate of drug-likeness (QED) is 0.305. The summed E-state index contributed by atoms with van der Waals surface area (Å²) in [6, 6.07) is 12.0. The van der Waals surface area contributed by atoms with Gasteiger partial charge in [0.25, 0.3) is 0 Å². The molecule has 2 N–H and O–H groups in total. The fraction of sp³-hybridized carbons (Fsp3) is 0.458. The van der Waals surface area contributed by atoms with Gasteiger partial charge in [-0.2, -0.15) is 0 Å². The number of guanidine groups is 1. The van der Waals surface area contributed by atoms with Crippen molar-refractivity contribution in [1.82, 2.24) is 10.6 Å². The van der Waals surface area contributed by atoms with Gasteiger partial charge >= 0.3 is 0 Å². The number of nitrogens with zero attached hydrogens (tertiary/aromatic N) is 1. The highest BCUT2D eigenvalue weighted by atomic mass is 16.5. The summed E-state index contributed by atoms with van der Waals surface area (Å²) in [6.07, 6.45) is 0. The van der Waals surface area contributed by atoms with Gasteiger partial charge in [-0.05, 0) is 44.5 Å². The van der Waals surface area contributed by atoms with E-state index in [9.17, 15) is 0 Å². The van der Waals surface area contributed by atoms with Crippen LogP contribution in [-0.2, 0) is 17.8 Å². The highest BCUT2D eigenvalue weighted by molar-refractivity contribution is 5.79. The summed E-state index contributed by atoms with van der Waals surface area (Å²) in [6.45, 7) is 9.69. The Morgan fingerprint density at radius 3 is 2.42 bits per heavy atom. The van der Waals surface area contributed by atoms with Crippen molar-refractivity contribution < 1.29 is 18.9 Å². The molecule has 170 valence electrons. The smallest absolute Gasteiger partial charge is 0.191 e. The van der Waals surface area contributed by atoms with E-state index in [1.54, 1.807) is 14.2 Å². The van der Waals surface area contributed by atoms with Gasteiger partial charge in [-0.25, -0.2) is 4.99 Å². The summed E-state index contributed by atoms with van der Waals surface area (Å²) < 4.78 is 22.1. The van der Waals surface area contributed by atoms with Crippen molar-refractivity contribution in [2.75, 3.05) is 40.6 Å². The molecule has 0 bridgehead atoms. The molecule has 0 radical (unpaired) electrons. The molecular weight excluding hydrogens is 394 g/mol. The van der Waals surface area contributed by atoms with Crippen molar-refractivity contribution in [3.8, 4) is 17.2 Å². The van der Waals surface area contributed by atoms with Crippen LogP contribution in [0.4, 0.5) is 0 Å². The highest BCUT2D eigenvalue weighted by Gasteiger charge is 2.08. The summed E-state index contributed by atoms with van der Waals surface area (Å²) >= 11 is 0. The molecule has 7 heteroatoms. The fourth-order valence-electron chi connectivity index (χ4n) is 2.96. The van der Waals surface area contributed by atoms with E-state index in [2.05, 4.69) is 35.8 Å². The lowest BCUT2D eigenvalue weighted by atomic mass is 10.1. The number of aryl methyl sites for hydroxylation is 1. The number of methoxy groups -OCH3 is 2. The monoisotopic (exact) mass is 429 g/mol. The number of hydrogen-bond acceptors (Lipinski definition) is 5. The van der Waals surface area contributed by atoms with E-state index >= 15 is 0 Å². The van der Waals surface area contributed by atoms with Gasteiger partial charge in [-0.3, -0.25) is 0 Å². The van der Waals surface area contributed by atoms with Crippen LogP contribution in [0.25, 0.3) is 0 Å². The van der Waals surface area contributed by atoms with E-state index in [4.69, 9.17) is 23.9 Å². The molecule has 0 unspecified atom stereocenters. The van der Waals surface area contributed by atoms with Crippen LogP contribution in [0.5, 0.6) is 17.2 Å². The average molecular weight is 430 g/mol. The summed E-state index contributed by atoms with van der Waals surface area (Å²) in [7, 11) is 3.29. The Morgan fingerprint density at radius 2 is 1.71 bits per heavy atom. The zero-order valence-electron chi connectivity index (χ0n) is 19.3. The topological polar surface area (TPSA) is 73.3 Å². The number of benzene rings is 2. The van der Waals surface area contributed by atoms with Crippen LogP contribution >= 0.6 is 0 Å². The van der Waals surface area contributed by atoms with Crippen LogP contribution < -0.4 is 24.8 Å². The molecule has 7 nitrogen and oxygen atoms in total. The van der Waals surface area contributed by atoms with E-state index < -0.39 is 0 Å². The SMILES string of the molecule is CCNC(=NCc1ccc(OC)cc1OC)NCc1ccc(C)cc1OCCOCC. The van der Waals surface area contributed by atoms with Crippen molar-refractivity contribution in [3.05, 3.63) is 53.1 Å². The molecule has 0 heterocycles. The van der Waals surface area contributed by atoms with Crippen molar-refractivity contribution in [2.24, 2.45) is 4.99 Å². The normalized spacial score (nSPS) is 11.2. The van der Waals surface area contributed by atoms with Crippen LogP contribution in [0.3, 0.4) is 0 Å². The summed E-state index contributed by atoms with van der Waals surface area (Å²) in [5.41, 5.74) is 3.20. The average Bonchev–Trinajstić information content (AvgIpc) is 2.79. The zero-order valence-corrected chi connectivity index (χ0v) is 19.3. The molecule has 0 spiro atoms. The largest absolute Gasteiger partial charge is 0.497 e. The van der Waals surface area contributed by atoms with Gasteiger partial charge < -0.3 is 29.6 Å². The molecule has 0 aliphatic carbocycles. The first-order chi connectivity index (χ1) is 15.1. The Hall–Kier alpha value is -2.93. The molecule has 0 aromatic heterocycles. The predicted octanol–water partition coefficient (Wildman–Crippen LogP) is 3.68. The molecule has 0 atom stereocenters. The molecule has 0 aliphatic rings. The standard InChI is InChI=1S/C24H35N3O4/c1-6-25-24(26-16-19-10-11-21(28-4)15-22(19)29-5)27-17-20-9-8-18(3)14-23(20)31-13-12-30-7-2/h8-11,14-15H,6-7,12-13,16-17H2,1-5H3,(H2,25,26,27). The minimum absolute atomic E-state index is 0.480. The number of hydrogen-bond donors (Lipinski definition) is 2. The number of nitrogens with one attached hydrogen (secondary N) is 2. The molecule has 31 heavy (non-hydrogen) atoms. The van der Waals surface area contributed by atoms with Gasteiger partial charge in [-0.1, -0.05) is 12.1 Å². The molecule has 0 saturated heterocycles. The lowest BCUT2D eigenvalue weighted by molar-refractivity contribution is 0.110. The van der Waals surface area contributed by atoms with Crippen LogP contribution in [0.15, 0.2) is 41.4 Å². The Morgan fingerprint density at radius 1 is 0.903 bits per heavy atom. The predicted molar refractivity (Wildman–Crippen MR) is 124 cm³/mol. The minimum Gasteiger partial charge on any atom is -0.497 e. The maximum absolute atomic E-state index is 5.94. The van der Waals surface area contributed by atoms with Gasteiger partial charge in [0.2, 0.25) is 0 Å². The van der Waals surface area contributed by atoms with E-state index in [1.165, 1.54) is 0 Å². The van der Waals surface area contributed by atoms with Crippen LogP contribution in [-0.4, -0.2) is 46.5 Å². The van der Waals surface area contributed by atoms with Gasteiger partial charge in [0, 0.05) is 36.9 Å². The van der Waals surface area contributed by atoms with Crippen molar-refractivity contribution in [3.63, 3.8) is 0 Å². The first kappa shape index (κ1) is 24.3. The molecule has 2 aromatic carbocycles. The Kier molecular flexibility index (Phi) is 10.5. The Labute approximate surface area is 185 Å². The molecular formula is C24H35N3O4. The van der Waals surface area contributed by atoms with Gasteiger partial charge in [0.1, 0.15) is 23.9 Å². The third-order valence-electron chi connectivity index (χ3n) is 4.60. The van der Waals surface area contributed by atoms with Gasteiger partial charge in [0.05, 0.1) is 27.4 Å². The van der Waals surface area contributed by atoms with Crippen LogP contribution in [0.2, 0.25) is 0 Å². The van der Waals surface area contributed by atoms with Gasteiger partial charge in [0.15, 0.2) is 5.96 Å². The minimum atomic E-state index is 0.480. The second kappa shape index (κ2) is 13.4. The Bertz CT molecular complexity index is 840. The number of rotatable bonds is 12. The number of ether oxygens (including phenoxy) is 4. The third-order valence-corrected chi connectivity index (χ3v) is 4.60. The molecule has 2 rings (SSSR count).